The second-order valence-electron chi connectivity index (χ2n) is 8.62. The van der Waals surface area contributed by atoms with E-state index in [1.165, 1.54) is 21.2 Å². The number of fused-ring (bicyclic) bond motifs is 2. The molecule has 0 aliphatic carbocycles. The Morgan fingerprint density at radius 2 is 1.84 bits per heavy atom. The Kier molecular flexibility index (Phi) is 8.06. The van der Waals surface area contributed by atoms with Gasteiger partial charge in [0.2, 0.25) is 0 Å². The van der Waals surface area contributed by atoms with E-state index in [2.05, 4.69) is 9.98 Å². The first-order valence-electron chi connectivity index (χ1n) is 12.1. The van der Waals surface area contributed by atoms with Gasteiger partial charge in [0, 0.05) is 19.3 Å². The smallest absolute Gasteiger partial charge is 0.341 e. The van der Waals surface area contributed by atoms with E-state index in [0.29, 0.717) is 18.7 Å². The molecule has 0 saturated carbocycles. The van der Waals surface area contributed by atoms with Crippen molar-refractivity contribution in [3.8, 4) is 0 Å². The second kappa shape index (κ2) is 11.4. The molecule has 4 rings (SSSR count). The molecule has 0 spiro atoms. The van der Waals surface area contributed by atoms with Gasteiger partial charge in [-0.3, -0.25) is 14.0 Å². The fourth-order valence-electron chi connectivity index (χ4n) is 3.97. The SMILES string of the molecule is CCOC(=O)c1cc2c(=O)n3ccccc3nc2n(CCCOC(C)C)c1=NC(=O)c1c(F)cccc1F. The largest absolute Gasteiger partial charge is 0.462 e. The van der Waals surface area contributed by atoms with Gasteiger partial charge in [0.05, 0.1) is 18.1 Å². The summed E-state index contributed by atoms with van der Waals surface area (Å²) >= 11 is 0. The predicted molar refractivity (Wildman–Crippen MR) is 135 cm³/mol. The van der Waals surface area contributed by atoms with Crippen molar-refractivity contribution in [1.82, 2.24) is 14.0 Å². The summed E-state index contributed by atoms with van der Waals surface area (Å²) in [5.74, 6) is -4.30. The van der Waals surface area contributed by atoms with Crippen LogP contribution in [0.3, 0.4) is 0 Å². The van der Waals surface area contributed by atoms with Crippen LogP contribution in [0.5, 0.6) is 0 Å². The zero-order valence-corrected chi connectivity index (χ0v) is 21.1. The summed E-state index contributed by atoms with van der Waals surface area (Å²) < 4.78 is 42.3. The van der Waals surface area contributed by atoms with Gasteiger partial charge in [0.15, 0.2) is 5.49 Å². The molecule has 0 radical (unpaired) electrons. The van der Waals surface area contributed by atoms with Crippen LogP contribution in [0.1, 0.15) is 47.9 Å². The Morgan fingerprint density at radius 1 is 1.11 bits per heavy atom. The minimum Gasteiger partial charge on any atom is -0.462 e. The molecule has 0 unspecified atom stereocenters. The number of hydrogen-bond donors (Lipinski definition) is 0. The molecule has 1 aromatic carbocycles. The number of esters is 1. The van der Waals surface area contributed by atoms with Gasteiger partial charge in [0.25, 0.3) is 11.5 Å². The average Bonchev–Trinajstić information content (AvgIpc) is 2.87. The average molecular weight is 525 g/mol. The molecule has 0 aliphatic rings. The van der Waals surface area contributed by atoms with Crippen LogP contribution in [0, 0.1) is 11.6 Å². The van der Waals surface area contributed by atoms with Gasteiger partial charge >= 0.3 is 5.97 Å². The van der Waals surface area contributed by atoms with Crippen LogP contribution < -0.4 is 11.0 Å². The highest BCUT2D eigenvalue weighted by Gasteiger charge is 2.22. The Labute approximate surface area is 216 Å². The monoisotopic (exact) mass is 524 g/mol. The first-order chi connectivity index (χ1) is 18.2. The van der Waals surface area contributed by atoms with E-state index < -0.39 is 34.6 Å². The van der Waals surface area contributed by atoms with Crippen molar-refractivity contribution < 1.29 is 27.8 Å². The molecule has 198 valence electrons. The van der Waals surface area contributed by atoms with Crippen molar-refractivity contribution in [3.05, 3.63) is 87.3 Å². The molecule has 0 atom stereocenters. The van der Waals surface area contributed by atoms with E-state index in [0.717, 1.165) is 18.2 Å². The molecule has 4 aromatic rings. The van der Waals surface area contributed by atoms with Crippen LogP contribution in [0.2, 0.25) is 0 Å². The fraction of sp³-hybridized carbons (Fsp3) is 0.296. The quantitative estimate of drug-likeness (QED) is 0.198. The molecule has 0 bridgehead atoms. The van der Waals surface area contributed by atoms with Gasteiger partial charge in [-0.15, -0.1) is 0 Å². The first-order valence-corrected chi connectivity index (χ1v) is 12.1. The number of ether oxygens (including phenoxy) is 2. The summed E-state index contributed by atoms with van der Waals surface area (Å²) in [6.45, 7) is 5.79. The third-order valence-corrected chi connectivity index (χ3v) is 5.65. The number of carbonyl (C=O) groups excluding carboxylic acids is 2. The van der Waals surface area contributed by atoms with Gasteiger partial charge in [0.1, 0.15) is 34.1 Å². The number of nitrogens with zero attached hydrogens (tertiary/aromatic N) is 4. The Balaban J connectivity index is 2.06. The van der Waals surface area contributed by atoms with Crippen molar-refractivity contribution in [2.45, 2.75) is 39.8 Å². The summed E-state index contributed by atoms with van der Waals surface area (Å²) in [6.07, 6.45) is 1.90. The molecule has 11 heteroatoms. The molecule has 38 heavy (non-hydrogen) atoms. The van der Waals surface area contributed by atoms with Crippen LogP contribution in [-0.4, -0.2) is 45.1 Å². The van der Waals surface area contributed by atoms with Crippen molar-refractivity contribution in [2.75, 3.05) is 13.2 Å². The maximum absolute atomic E-state index is 14.4. The van der Waals surface area contributed by atoms with Gasteiger partial charge < -0.3 is 14.0 Å². The van der Waals surface area contributed by atoms with Crippen molar-refractivity contribution in [2.24, 2.45) is 4.99 Å². The lowest BCUT2D eigenvalue weighted by atomic mass is 10.1. The molecular formula is C27H26F2N4O5. The highest BCUT2D eigenvalue weighted by Crippen LogP contribution is 2.15. The molecular weight excluding hydrogens is 498 g/mol. The Hall–Kier alpha value is -4.25. The van der Waals surface area contributed by atoms with Gasteiger partial charge in [-0.1, -0.05) is 12.1 Å². The first kappa shape index (κ1) is 26.8. The lowest BCUT2D eigenvalue weighted by molar-refractivity contribution is 0.0523. The molecule has 0 fully saturated rings. The van der Waals surface area contributed by atoms with Gasteiger partial charge in [-0.2, -0.15) is 4.99 Å². The normalized spacial score (nSPS) is 12.0. The summed E-state index contributed by atoms with van der Waals surface area (Å²) in [5.41, 5.74) is -1.33. The number of benzene rings is 1. The van der Waals surface area contributed by atoms with E-state index in [9.17, 15) is 23.2 Å². The standard InChI is InChI=1S/C27H26F2N4O5/c1-4-37-27(36)18-15-17-23(30-21-11-5-6-12-32(21)26(17)35)33(13-8-14-38-16(2)3)24(18)31-25(34)22-19(28)9-7-10-20(22)29/h5-7,9-12,15-16H,4,8,13-14H2,1-3H3. The topological polar surface area (TPSA) is 104 Å². The predicted octanol–water partition coefficient (Wildman–Crippen LogP) is 3.66. The molecule has 3 heterocycles. The van der Waals surface area contributed by atoms with E-state index in [-0.39, 0.29) is 41.3 Å². The molecule has 9 nitrogen and oxygen atoms in total. The van der Waals surface area contributed by atoms with Crippen molar-refractivity contribution >= 4 is 28.6 Å². The molecule has 1 amide bonds. The zero-order valence-electron chi connectivity index (χ0n) is 21.1. The van der Waals surface area contributed by atoms with E-state index >= 15 is 0 Å². The Morgan fingerprint density at radius 3 is 2.53 bits per heavy atom. The summed E-state index contributed by atoms with van der Waals surface area (Å²) in [4.78, 5) is 48.0. The number of aryl methyl sites for hydroxylation is 1. The maximum atomic E-state index is 14.4. The van der Waals surface area contributed by atoms with Crippen LogP contribution in [-0.2, 0) is 16.0 Å². The zero-order chi connectivity index (χ0) is 27.4. The number of carbonyl (C=O) groups is 2. The fourth-order valence-corrected chi connectivity index (χ4v) is 3.97. The van der Waals surface area contributed by atoms with Crippen LogP contribution >= 0.6 is 0 Å². The summed E-state index contributed by atoms with van der Waals surface area (Å²) in [5, 5.41) is 0.0741. The van der Waals surface area contributed by atoms with E-state index in [4.69, 9.17) is 9.47 Å². The van der Waals surface area contributed by atoms with Crippen molar-refractivity contribution in [3.63, 3.8) is 0 Å². The van der Waals surface area contributed by atoms with E-state index in [1.54, 1.807) is 25.1 Å². The summed E-state index contributed by atoms with van der Waals surface area (Å²) in [6, 6.07) is 9.23. The van der Waals surface area contributed by atoms with Gasteiger partial charge in [-0.25, -0.2) is 18.6 Å². The molecule has 0 aliphatic heterocycles. The minimum absolute atomic E-state index is 0.00335. The summed E-state index contributed by atoms with van der Waals surface area (Å²) in [7, 11) is 0. The van der Waals surface area contributed by atoms with Crippen molar-refractivity contribution in [1.29, 1.82) is 0 Å². The number of amides is 1. The lowest BCUT2D eigenvalue weighted by Gasteiger charge is -2.15. The Bertz CT molecular complexity index is 1640. The van der Waals surface area contributed by atoms with Gasteiger partial charge in [-0.05, 0) is 57.5 Å². The number of halogens is 2. The van der Waals surface area contributed by atoms with E-state index in [1.807, 2.05) is 13.8 Å². The third-order valence-electron chi connectivity index (χ3n) is 5.65. The number of hydrogen-bond acceptors (Lipinski definition) is 6. The maximum Gasteiger partial charge on any atom is 0.341 e. The van der Waals surface area contributed by atoms with Crippen LogP contribution in [0.15, 0.2) is 58.4 Å². The second-order valence-corrected chi connectivity index (χ2v) is 8.62. The molecule has 0 N–H and O–H groups in total. The highest BCUT2D eigenvalue weighted by atomic mass is 19.1. The minimum atomic E-state index is -1.24. The number of rotatable bonds is 8. The van der Waals surface area contributed by atoms with Crippen LogP contribution in [0.4, 0.5) is 8.78 Å². The molecule has 3 aromatic heterocycles. The van der Waals surface area contributed by atoms with Crippen LogP contribution in [0.25, 0.3) is 16.7 Å². The third kappa shape index (κ3) is 5.37. The number of aromatic nitrogens is 3. The number of pyridine rings is 2. The lowest BCUT2D eigenvalue weighted by Crippen LogP contribution is -2.33. The molecule has 0 saturated heterocycles. The highest BCUT2D eigenvalue weighted by molar-refractivity contribution is 5.97.